The van der Waals surface area contributed by atoms with Crippen LogP contribution in [-0.4, -0.2) is 29.1 Å². The van der Waals surface area contributed by atoms with Gasteiger partial charge in [0.05, 0.1) is 12.2 Å². The second-order valence-corrected chi connectivity index (χ2v) is 5.06. The zero-order valence-electron chi connectivity index (χ0n) is 10.9. The molecule has 0 aliphatic heterocycles. The lowest BCUT2D eigenvalue weighted by Gasteiger charge is -2.24. The van der Waals surface area contributed by atoms with E-state index in [0.29, 0.717) is 19.0 Å². The number of aliphatic hydroxyl groups excluding tert-OH is 1. The lowest BCUT2D eigenvalue weighted by molar-refractivity contribution is 0.108. The fourth-order valence-electron chi connectivity index (χ4n) is 2.24. The van der Waals surface area contributed by atoms with Crippen LogP contribution in [0.4, 0.5) is 4.39 Å². The summed E-state index contributed by atoms with van der Waals surface area (Å²) in [5.41, 5.74) is 0.743. The highest BCUT2D eigenvalue weighted by molar-refractivity contribution is 5.18. The van der Waals surface area contributed by atoms with Crippen molar-refractivity contribution in [2.45, 2.75) is 37.8 Å². The molecule has 0 heterocycles. The highest BCUT2D eigenvalue weighted by Crippen LogP contribution is 2.29. The molecule has 1 aliphatic rings. The van der Waals surface area contributed by atoms with Crippen LogP contribution >= 0.6 is 0 Å². The van der Waals surface area contributed by atoms with E-state index in [1.807, 2.05) is 0 Å². The first-order chi connectivity index (χ1) is 9.20. The monoisotopic (exact) mass is 262 g/mol. The molecule has 0 radical (unpaired) electrons. The molecule has 1 fully saturated rings. The Bertz CT molecular complexity index is 436. The lowest BCUT2D eigenvalue weighted by atomic mass is 10.1. The van der Waals surface area contributed by atoms with Gasteiger partial charge in [-0.3, -0.25) is 4.90 Å². The van der Waals surface area contributed by atoms with Gasteiger partial charge in [-0.1, -0.05) is 12.1 Å². The van der Waals surface area contributed by atoms with Crippen LogP contribution in [0.15, 0.2) is 24.3 Å². The molecule has 0 amide bonds. The Kier molecular flexibility index (Phi) is 4.89. The third-order valence-corrected chi connectivity index (χ3v) is 3.46. The number of aliphatic hydroxyl groups is 1. The fraction of sp³-hybridized carbons (Fsp3) is 0.533. The molecule has 0 bridgehead atoms. The van der Waals surface area contributed by atoms with Crippen molar-refractivity contribution in [1.82, 2.24) is 4.90 Å². The predicted molar refractivity (Wildman–Crippen MR) is 70.8 cm³/mol. The van der Waals surface area contributed by atoms with E-state index < -0.39 is 6.10 Å². The van der Waals surface area contributed by atoms with Gasteiger partial charge in [0.25, 0.3) is 0 Å². The highest BCUT2D eigenvalue weighted by atomic mass is 19.1. The molecule has 1 N–H and O–H groups in total. The SMILES string of the molecule is N#CCCCN(CC(O)c1ccc(F)cc1)C1CC1. The largest absolute Gasteiger partial charge is 0.387 e. The Hall–Kier alpha value is -1.44. The molecule has 1 unspecified atom stereocenters. The van der Waals surface area contributed by atoms with Gasteiger partial charge in [0.2, 0.25) is 0 Å². The first-order valence-corrected chi connectivity index (χ1v) is 6.75. The quantitative estimate of drug-likeness (QED) is 0.768. The molecular weight excluding hydrogens is 243 g/mol. The van der Waals surface area contributed by atoms with Crippen LogP contribution in [0.3, 0.4) is 0 Å². The average molecular weight is 262 g/mol. The summed E-state index contributed by atoms with van der Waals surface area (Å²) < 4.78 is 12.8. The highest BCUT2D eigenvalue weighted by Gasteiger charge is 2.29. The second kappa shape index (κ2) is 6.65. The van der Waals surface area contributed by atoms with Crippen LogP contribution in [0.2, 0.25) is 0 Å². The van der Waals surface area contributed by atoms with E-state index in [-0.39, 0.29) is 5.82 Å². The van der Waals surface area contributed by atoms with Crippen LogP contribution < -0.4 is 0 Å². The van der Waals surface area contributed by atoms with Crippen molar-refractivity contribution in [2.75, 3.05) is 13.1 Å². The van der Waals surface area contributed by atoms with Crippen LogP contribution in [0.5, 0.6) is 0 Å². The van der Waals surface area contributed by atoms with Crippen molar-refractivity contribution in [1.29, 1.82) is 5.26 Å². The molecule has 4 heteroatoms. The molecule has 1 saturated carbocycles. The Balaban J connectivity index is 1.89. The molecule has 19 heavy (non-hydrogen) atoms. The summed E-state index contributed by atoms with van der Waals surface area (Å²) in [6.45, 7) is 1.40. The molecule has 0 saturated heterocycles. The van der Waals surface area contributed by atoms with E-state index in [1.165, 1.54) is 25.0 Å². The first-order valence-electron chi connectivity index (χ1n) is 6.75. The third-order valence-electron chi connectivity index (χ3n) is 3.46. The van der Waals surface area contributed by atoms with Gasteiger partial charge in [-0.2, -0.15) is 5.26 Å². The van der Waals surface area contributed by atoms with Crippen LogP contribution in [0.1, 0.15) is 37.4 Å². The van der Waals surface area contributed by atoms with E-state index in [4.69, 9.17) is 5.26 Å². The van der Waals surface area contributed by atoms with Crippen molar-refractivity contribution in [2.24, 2.45) is 0 Å². The maximum Gasteiger partial charge on any atom is 0.123 e. The van der Waals surface area contributed by atoms with Crippen molar-refractivity contribution in [3.63, 3.8) is 0 Å². The number of hydrogen-bond donors (Lipinski definition) is 1. The van der Waals surface area contributed by atoms with Crippen LogP contribution in [0.25, 0.3) is 0 Å². The summed E-state index contributed by atoms with van der Waals surface area (Å²) in [4.78, 5) is 2.24. The van der Waals surface area contributed by atoms with E-state index in [9.17, 15) is 9.50 Å². The van der Waals surface area contributed by atoms with Crippen LogP contribution in [0, 0.1) is 17.1 Å². The second-order valence-electron chi connectivity index (χ2n) is 5.06. The van der Waals surface area contributed by atoms with Gasteiger partial charge in [0.15, 0.2) is 0 Å². The number of rotatable bonds is 7. The van der Waals surface area contributed by atoms with E-state index in [0.717, 1.165) is 18.5 Å². The molecule has 3 nitrogen and oxygen atoms in total. The van der Waals surface area contributed by atoms with Gasteiger partial charge >= 0.3 is 0 Å². The molecule has 2 rings (SSSR count). The Morgan fingerprint density at radius 3 is 2.63 bits per heavy atom. The minimum Gasteiger partial charge on any atom is -0.387 e. The molecule has 1 atom stereocenters. The van der Waals surface area contributed by atoms with Crippen molar-refractivity contribution < 1.29 is 9.50 Å². The molecule has 0 spiro atoms. The summed E-state index contributed by atoms with van der Waals surface area (Å²) >= 11 is 0. The van der Waals surface area contributed by atoms with E-state index >= 15 is 0 Å². The first kappa shape index (κ1) is 14.0. The number of benzene rings is 1. The van der Waals surface area contributed by atoms with Gasteiger partial charge in [-0.25, -0.2) is 4.39 Å². The van der Waals surface area contributed by atoms with Crippen molar-refractivity contribution in [3.8, 4) is 6.07 Å². The number of unbranched alkanes of at least 4 members (excludes halogenated alkanes) is 1. The van der Waals surface area contributed by atoms with E-state index in [2.05, 4.69) is 11.0 Å². The minimum atomic E-state index is -0.594. The van der Waals surface area contributed by atoms with E-state index in [1.54, 1.807) is 12.1 Å². The zero-order chi connectivity index (χ0) is 13.7. The predicted octanol–water partition coefficient (Wildman–Crippen LogP) is 2.63. The number of nitriles is 1. The smallest absolute Gasteiger partial charge is 0.123 e. The van der Waals surface area contributed by atoms with Gasteiger partial charge in [0.1, 0.15) is 5.82 Å². The molecule has 1 aliphatic carbocycles. The summed E-state index contributed by atoms with van der Waals surface area (Å²) in [5.74, 6) is -0.288. The lowest BCUT2D eigenvalue weighted by Crippen LogP contribution is -2.31. The maximum absolute atomic E-state index is 12.8. The molecule has 0 aromatic heterocycles. The molecular formula is C15H19FN2O. The topological polar surface area (TPSA) is 47.3 Å². The Morgan fingerprint density at radius 1 is 1.37 bits per heavy atom. The number of hydrogen-bond acceptors (Lipinski definition) is 3. The van der Waals surface area contributed by atoms with Crippen LogP contribution in [-0.2, 0) is 0 Å². The number of halogens is 1. The molecule has 102 valence electrons. The zero-order valence-corrected chi connectivity index (χ0v) is 10.9. The fourth-order valence-corrected chi connectivity index (χ4v) is 2.24. The van der Waals surface area contributed by atoms with Crippen molar-refractivity contribution in [3.05, 3.63) is 35.6 Å². The normalized spacial score (nSPS) is 16.3. The summed E-state index contributed by atoms with van der Waals surface area (Å²) in [7, 11) is 0. The Labute approximate surface area is 113 Å². The third kappa shape index (κ3) is 4.30. The van der Waals surface area contributed by atoms with Gasteiger partial charge in [0, 0.05) is 19.0 Å². The van der Waals surface area contributed by atoms with Gasteiger partial charge in [-0.15, -0.1) is 0 Å². The van der Waals surface area contributed by atoms with Gasteiger partial charge < -0.3 is 5.11 Å². The minimum absolute atomic E-state index is 0.288. The molecule has 1 aromatic carbocycles. The standard InChI is InChI=1S/C15H19FN2O/c16-13-5-3-12(4-6-13)15(19)11-18(14-7-8-14)10-2-1-9-17/h3-6,14-15,19H,1-2,7-8,10-11H2. The van der Waals surface area contributed by atoms with Crippen molar-refractivity contribution >= 4 is 0 Å². The summed E-state index contributed by atoms with van der Waals surface area (Å²) in [6.07, 6.45) is 3.13. The average Bonchev–Trinajstić information content (AvgIpc) is 3.23. The van der Waals surface area contributed by atoms with Gasteiger partial charge in [-0.05, 0) is 43.5 Å². The number of nitrogens with zero attached hydrogens (tertiary/aromatic N) is 2. The summed E-state index contributed by atoms with van der Waals surface area (Å²) in [6, 6.07) is 8.68. The maximum atomic E-state index is 12.8. The summed E-state index contributed by atoms with van der Waals surface area (Å²) in [5, 5.41) is 18.8. The molecule has 1 aromatic rings. The Morgan fingerprint density at radius 2 is 2.05 bits per heavy atom.